The summed E-state index contributed by atoms with van der Waals surface area (Å²) in [5, 5.41) is 20.4. The quantitative estimate of drug-likeness (QED) is 0.348. The Kier molecular flexibility index (Phi) is 6.16. The monoisotopic (exact) mass is 451 g/mol. The van der Waals surface area contributed by atoms with Crippen LogP contribution in [0.25, 0.3) is 11.0 Å². The number of anilines is 2. The molecule has 0 saturated carbocycles. The molecule has 0 fully saturated rings. The van der Waals surface area contributed by atoms with Gasteiger partial charge in [-0.3, -0.25) is 9.59 Å². The number of nitrogens with zero attached hydrogens (tertiary/aromatic N) is 2. The Morgan fingerprint density at radius 1 is 1.18 bits per heavy atom. The van der Waals surface area contributed by atoms with Crippen molar-refractivity contribution >= 4 is 40.5 Å². The molecule has 1 atom stereocenters. The summed E-state index contributed by atoms with van der Waals surface area (Å²) in [6.07, 6.45) is 1.48. The molecular weight excluding hydrogens is 426 g/mol. The summed E-state index contributed by atoms with van der Waals surface area (Å²) >= 11 is 0. The number of imidazole rings is 1. The van der Waals surface area contributed by atoms with Crippen LogP contribution in [0.1, 0.15) is 40.7 Å². The van der Waals surface area contributed by atoms with Crippen LogP contribution in [0, 0.1) is 0 Å². The fraction of sp³-hybridized carbons (Fsp3) is 0.304. The van der Waals surface area contributed by atoms with E-state index in [0.717, 1.165) is 41.7 Å². The van der Waals surface area contributed by atoms with Crippen LogP contribution in [0.5, 0.6) is 0 Å². The van der Waals surface area contributed by atoms with Gasteiger partial charge < -0.3 is 31.1 Å². The third-order valence-corrected chi connectivity index (χ3v) is 5.76. The number of carboxylic acids is 2. The molecule has 6 N–H and O–H groups in total. The van der Waals surface area contributed by atoms with Gasteiger partial charge in [0.1, 0.15) is 6.04 Å². The Morgan fingerprint density at radius 2 is 1.94 bits per heavy atom. The topological polar surface area (TPSA) is 162 Å². The van der Waals surface area contributed by atoms with Gasteiger partial charge in [-0.1, -0.05) is 12.1 Å². The molecule has 10 heteroatoms. The molecule has 1 aliphatic rings. The molecule has 0 aliphatic carbocycles. The van der Waals surface area contributed by atoms with E-state index in [1.165, 1.54) is 5.56 Å². The SMILES string of the molecule is Nc1nc2cc3c(cc2[nH]1)CCCN3Cc1ccc(C(=O)N[C@@H](CCC(=O)O)C(=O)O)cc1. The summed E-state index contributed by atoms with van der Waals surface area (Å²) < 4.78 is 0. The summed E-state index contributed by atoms with van der Waals surface area (Å²) in [5.74, 6) is -2.55. The van der Waals surface area contributed by atoms with Gasteiger partial charge in [-0.2, -0.15) is 0 Å². The molecule has 10 nitrogen and oxygen atoms in total. The number of carbonyl (C=O) groups is 3. The zero-order valence-corrected chi connectivity index (χ0v) is 17.9. The predicted molar refractivity (Wildman–Crippen MR) is 122 cm³/mol. The lowest BCUT2D eigenvalue weighted by Crippen LogP contribution is -2.41. The van der Waals surface area contributed by atoms with Crippen LogP contribution in [0.4, 0.5) is 11.6 Å². The maximum atomic E-state index is 12.4. The van der Waals surface area contributed by atoms with E-state index in [4.69, 9.17) is 10.8 Å². The number of fused-ring (bicyclic) bond motifs is 2. The molecule has 0 radical (unpaired) electrons. The fourth-order valence-electron chi connectivity index (χ4n) is 4.10. The van der Waals surface area contributed by atoms with Gasteiger partial charge >= 0.3 is 11.9 Å². The highest BCUT2D eigenvalue weighted by molar-refractivity contribution is 5.96. The molecule has 0 unspecified atom stereocenters. The minimum atomic E-state index is -1.27. The van der Waals surface area contributed by atoms with Gasteiger partial charge in [0.2, 0.25) is 0 Å². The summed E-state index contributed by atoms with van der Waals surface area (Å²) in [4.78, 5) is 44.1. The molecule has 172 valence electrons. The van der Waals surface area contributed by atoms with E-state index in [0.29, 0.717) is 18.1 Å². The van der Waals surface area contributed by atoms with Crippen molar-refractivity contribution in [3.63, 3.8) is 0 Å². The average Bonchev–Trinajstić information content (AvgIpc) is 3.14. The molecule has 0 spiro atoms. The number of nitrogens with one attached hydrogen (secondary N) is 2. The molecule has 2 heterocycles. The lowest BCUT2D eigenvalue weighted by atomic mass is 10.00. The number of carboxylic acid groups (broad SMARTS) is 2. The molecule has 2 aromatic carbocycles. The van der Waals surface area contributed by atoms with Crippen LogP contribution in [0.2, 0.25) is 0 Å². The van der Waals surface area contributed by atoms with Gasteiger partial charge in [0.05, 0.1) is 11.0 Å². The number of amides is 1. The number of nitrogen functional groups attached to an aromatic ring is 1. The summed E-state index contributed by atoms with van der Waals surface area (Å²) in [5.41, 5.74) is 11.2. The van der Waals surface area contributed by atoms with Gasteiger partial charge in [0.25, 0.3) is 5.91 Å². The van der Waals surface area contributed by atoms with Gasteiger partial charge in [0.15, 0.2) is 5.95 Å². The fourth-order valence-corrected chi connectivity index (χ4v) is 4.10. The minimum Gasteiger partial charge on any atom is -0.481 e. The molecule has 1 aliphatic heterocycles. The Labute approximate surface area is 189 Å². The molecule has 33 heavy (non-hydrogen) atoms. The van der Waals surface area contributed by atoms with Crippen LogP contribution in [-0.4, -0.2) is 50.6 Å². The number of hydrogen-bond donors (Lipinski definition) is 5. The van der Waals surface area contributed by atoms with Crippen LogP contribution in [-0.2, 0) is 22.6 Å². The highest BCUT2D eigenvalue weighted by Gasteiger charge is 2.22. The van der Waals surface area contributed by atoms with Crippen molar-refractivity contribution in [1.29, 1.82) is 0 Å². The van der Waals surface area contributed by atoms with Gasteiger partial charge in [0, 0.05) is 30.8 Å². The number of aromatic amines is 1. The largest absolute Gasteiger partial charge is 0.481 e. The standard InChI is InChI=1S/C23H25N5O5/c24-23-26-17-10-15-2-1-9-28(19(15)11-18(17)27-23)12-13-3-5-14(6-4-13)21(31)25-16(22(32)33)7-8-20(29)30/h3-6,10-11,16H,1-2,7-9,12H2,(H,25,31)(H,29,30)(H,32,33)(H3,24,26,27)/t16-/m0/s1. The number of benzene rings is 2. The first-order valence-electron chi connectivity index (χ1n) is 10.7. The first-order chi connectivity index (χ1) is 15.8. The molecule has 4 rings (SSSR count). The van der Waals surface area contributed by atoms with Crippen LogP contribution < -0.4 is 16.0 Å². The number of carbonyl (C=O) groups excluding carboxylic acids is 1. The van der Waals surface area contributed by atoms with Crippen LogP contribution in [0.15, 0.2) is 36.4 Å². The second-order valence-electron chi connectivity index (χ2n) is 8.14. The lowest BCUT2D eigenvalue weighted by Gasteiger charge is -2.31. The minimum absolute atomic E-state index is 0.183. The van der Waals surface area contributed by atoms with E-state index in [2.05, 4.69) is 26.3 Å². The van der Waals surface area contributed by atoms with Crippen molar-refractivity contribution in [1.82, 2.24) is 15.3 Å². The van der Waals surface area contributed by atoms with Crippen molar-refractivity contribution in [2.24, 2.45) is 0 Å². The van der Waals surface area contributed by atoms with Crippen molar-refractivity contribution < 1.29 is 24.6 Å². The van der Waals surface area contributed by atoms with Crippen molar-refractivity contribution in [3.05, 3.63) is 53.1 Å². The van der Waals surface area contributed by atoms with Gasteiger partial charge in [-0.25, -0.2) is 9.78 Å². The molecule has 1 amide bonds. The molecule has 1 aromatic heterocycles. The van der Waals surface area contributed by atoms with Crippen molar-refractivity contribution in [2.45, 2.75) is 38.3 Å². The van der Waals surface area contributed by atoms with E-state index in [1.807, 2.05) is 18.2 Å². The van der Waals surface area contributed by atoms with Crippen LogP contribution >= 0.6 is 0 Å². The van der Waals surface area contributed by atoms with Gasteiger partial charge in [-0.05, 0) is 54.7 Å². The smallest absolute Gasteiger partial charge is 0.326 e. The lowest BCUT2D eigenvalue weighted by molar-refractivity contribution is -0.140. The number of aryl methyl sites for hydroxylation is 1. The van der Waals surface area contributed by atoms with E-state index in [-0.39, 0.29) is 12.8 Å². The maximum absolute atomic E-state index is 12.4. The zero-order valence-electron chi connectivity index (χ0n) is 17.9. The predicted octanol–water partition coefficient (Wildman–Crippen LogP) is 2.15. The highest BCUT2D eigenvalue weighted by atomic mass is 16.4. The van der Waals surface area contributed by atoms with E-state index >= 15 is 0 Å². The zero-order chi connectivity index (χ0) is 23.5. The third kappa shape index (κ3) is 5.05. The number of aromatic nitrogens is 2. The normalized spacial score (nSPS) is 14.0. The molecular formula is C23H25N5O5. The molecule has 3 aromatic rings. The Bertz CT molecular complexity index is 1200. The third-order valence-electron chi connectivity index (χ3n) is 5.76. The Hall–Kier alpha value is -4.08. The average molecular weight is 451 g/mol. The first kappa shape index (κ1) is 22.1. The molecule has 0 saturated heterocycles. The summed E-state index contributed by atoms with van der Waals surface area (Å²) in [6.45, 7) is 1.54. The second kappa shape index (κ2) is 9.19. The first-order valence-corrected chi connectivity index (χ1v) is 10.7. The van der Waals surface area contributed by atoms with E-state index in [1.54, 1.807) is 12.1 Å². The number of nitrogens with two attached hydrogens (primary N) is 1. The highest BCUT2D eigenvalue weighted by Crippen LogP contribution is 2.32. The maximum Gasteiger partial charge on any atom is 0.326 e. The van der Waals surface area contributed by atoms with E-state index < -0.39 is 23.9 Å². The van der Waals surface area contributed by atoms with E-state index in [9.17, 15) is 19.5 Å². The number of rotatable bonds is 8. The Morgan fingerprint density at radius 3 is 2.64 bits per heavy atom. The number of H-pyrrole nitrogens is 1. The molecule has 0 bridgehead atoms. The van der Waals surface area contributed by atoms with Crippen molar-refractivity contribution in [3.8, 4) is 0 Å². The second-order valence-corrected chi connectivity index (χ2v) is 8.14. The summed E-state index contributed by atoms with van der Waals surface area (Å²) in [6, 6.07) is 9.83. The van der Waals surface area contributed by atoms with Gasteiger partial charge in [-0.15, -0.1) is 0 Å². The summed E-state index contributed by atoms with van der Waals surface area (Å²) in [7, 11) is 0. The number of hydrogen-bond acceptors (Lipinski definition) is 6. The number of aliphatic carboxylic acids is 2. The Balaban J connectivity index is 1.45. The van der Waals surface area contributed by atoms with Crippen molar-refractivity contribution in [2.75, 3.05) is 17.2 Å². The van der Waals surface area contributed by atoms with Crippen LogP contribution in [0.3, 0.4) is 0 Å².